The van der Waals surface area contributed by atoms with Crippen molar-refractivity contribution in [3.8, 4) is 0 Å². The Morgan fingerprint density at radius 3 is 2.65 bits per heavy atom. The number of anilines is 2. The molecule has 2 aromatic heterocycles. The average Bonchev–Trinajstić information content (AvgIpc) is 3.58. The van der Waals surface area contributed by atoms with Crippen molar-refractivity contribution in [2.24, 2.45) is 23.7 Å². The fourth-order valence-corrected chi connectivity index (χ4v) is 6.36. The maximum absolute atomic E-state index is 13.5. The van der Waals surface area contributed by atoms with Crippen molar-refractivity contribution in [2.45, 2.75) is 32.1 Å². The second-order valence-corrected chi connectivity index (χ2v) is 10.7. The number of hydrogen-bond acceptors (Lipinski definition) is 7. The molecule has 1 saturated heterocycles. The zero-order valence-electron chi connectivity index (χ0n) is 19.3. The summed E-state index contributed by atoms with van der Waals surface area (Å²) in [6, 6.07) is 6.02. The molecule has 3 aliphatic rings. The molecular weight excluding hydrogens is 450 g/mol. The van der Waals surface area contributed by atoms with Gasteiger partial charge in [0.15, 0.2) is 5.13 Å². The number of aliphatic hydroxyl groups is 1. The van der Waals surface area contributed by atoms with E-state index in [0.717, 1.165) is 40.8 Å². The Balaban J connectivity index is 1.21. The maximum Gasteiger partial charge on any atom is 0.227 e. The first kappa shape index (κ1) is 23.0. The van der Waals surface area contributed by atoms with Gasteiger partial charge in [-0.3, -0.25) is 9.59 Å². The van der Waals surface area contributed by atoms with Crippen LogP contribution in [0.2, 0.25) is 0 Å². The molecule has 180 valence electrons. The van der Waals surface area contributed by atoms with E-state index in [9.17, 15) is 9.59 Å². The molecule has 1 aliphatic heterocycles. The minimum absolute atomic E-state index is 0.0945. The van der Waals surface area contributed by atoms with Crippen molar-refractivity contribution in [2.75, 3.05) is 31.6 Å². The molecule has 4 unspecified atom stereocenters. The maximum atomic E-state index is 13.5. The highest BCUT2D eigenvalue weighted by atomic mass is 32.1. The van der Waals surface area contributed by atoms with Crippen molar-refractivity contribution in [1.82, 2.24) is 20.2 Å². The monoisotopic (exact) mass is 481 g/mol. The van der Waals surface area contributed by atoms with Gasteiger partial charge in [0.05, 0.1) is 18.4 Å². The van der Waals surface area contributed by atoms with E-state index in [1.807, 2.05) is 30.2 Å². The molecule has 2 bridgehead atoms. The first-order valence-corrected chi connectivity index (χ1v) is 12.9. The highest BCUT2D eigenvalue weighted by molar-refractivity contribution is 7.15. The molecular formula is C25H31N5O3S. The van der Waals surface area contributed by atoms with E-state index < -0.39 is 0 Å². The van der Waals surface area contributed by atoms with Crippen LogP contribution in [0.5, 0.6) is 0 Å². The van der Waals surface area contributed by atoms with Gasteiger partial charge >= 0.3 is 0 Å². The predicted octanol–water partition coefficient (Wildman–Crippen LogP) is 2.84. The molecule has 0 spiro atoms. The van der Waals surface area contributed by atoms with Crippen LogP contribution in [-0.2, 0) is 9.59 Å². The zero-order valence-corrected chi connectivity index (χ0v) is 20.1. The molecule has 0 aromatic carbocycles. The van der Waals surface area contributed by atoms with Crippen LogP contribution in [0, 0.1) is 30.6 Å². The van der Waals surface area contributed by atoms with Gasteiger partial charge in [-0.05, 0) is 50.2 Å². The van der Waals surface area contributed by atoms with Gasteiger partial charge in [0, 0.05) is 42.3 Å². The first-order chi connectivity index (χ1) is 16.5. The van der Waals surface area contributed by atoms with Gasteiger partial charge in [-0.2, -0.15) is 0 Å². The number of carbonyl (C=O) groups is 2. The smallest absolute Gasteiger partial charge is 0.227 e. The number of hydrogen-bond donors (Lipinski definition) is 3. The number of nitrogens with zero attached hydrogens (tertiary/aromatic N) is 3. The molecule has 3 N–H and O–H groups in total. The topological polar surface area (TPSA) is 107 Å². The van der Waals surface area contributed by atoms with Crippen LogP contribution in [0.25, 0.3) is 0 Å². The van der Waals surface area contributed by atoms with E-state index >= 15 is 0 Å². The Bertz CT molecular complexity index is 1080. The lowest BCUT2D eigenvalue weighted by molar-refractivity contribution is -0.143. The Hall–Kier alpha value is -2.78. The standard InChI is InChI=1S/C25H31N5O3S/c1-15-14-27-25(34-15)29-20-4-2-3-19(28-20)16-7-10-30(11-8-16)24(33)22-18-6-5-17(13-18)21(22)23(32)26-9-12-31/h2-6,14,16-18,21-22,31H,7-13H2,1H3,(H,26,32)(H,27,28,29). The summed E-state index contributed by atoms with van der Waals surface area (Å²) in [5.41, 5.74) is 1.04. The van der Waals surface area contributed by atoms with Crippen LogP contribution in [-0.4, -0.2) is 58.0 Å². The van der Waals surface area contributed by atoms with Gasteiger partial charge < -0.3 is 20.6 Å². The number of aromatic nitrogens is 2. The van der Waals surface area contributed by atoms with Crippen LogP contribution < -0.4 is 10.6 Å². The summed E-state index contributed by atoms with van der Waals surface area (Å²) in [4.78, 5) is 38.5. The molecule has 34 heavy (non-hydrogen) atoms. The van der Waals surface area contributed by atoms with E-state index in [-0.39, 0.29) is 48.6 Å². The van der Waals surface area contributed by atoms with Crippen LogP contribution in [0.1, 0.15) is 35.8 Å². The Labute approximate surface area is 203 Å². The first-order valence-electron chi connectivity index (χ1n) is 12.1. The fourth-order valence-electron chi connectivity index (χ4n) is 5.69. The summed E-state index contributed by atoms with van der Waals surface area (Å²) in [5, 5.41) is 16.0. The lowest BCUT2D eigenvalue weighted by Gasteiger charge is -2.36. The van der Waals surface area contributed by atoms with Gasteiger partial charge in [-0.1, -0.05) is 18.2 Å². The summed E-state index contributed by atoms with van der Waals surface area (Å²) in [6.45, 7) is 3.52. The molecule has 4 atom stereocenters. The number of allylic oxidation sites excluding steroid dienone is 2. The third-order valence-corrected chi connectivity index (χ3v) is 8.14. The van der Waals surface area contributed by atoms with Crippen LogP contribution in [0.4, 0.5) is 10.9 Å². The second-order valence-electron chi connectivity index (χ2n) is 9.46. The number of thiazole rings is 1. The Morgan fingerprint density at radius 1 is 1.18 bits per heavy atom. The van der Waals surface area contributed by atoms with Crippen molar-refractivity contribution >= 4 is 34.1 Å². The fraction of sp³-hybridized carbons (Fsp3) is 0.520. The number of aliphatic hydroxyl groups excluding tert-OH is 1. The quantitative estimate of drug-likeness (QED) is 0.525. The number of pyridine rings is 1. The number of rotatable bonds is 7. The number of fused-ring (bicyclic) bond motifs is 2. The van der Waals surface area contributed by atoms with Gasteiger partial charge in [-0.25, -0.2) is 9.97 Å². The molecule has 2 aliphatic carbocycles. The number of piperidine rings is 1. The molecule has 9 heteroatoms. The molecule has 5 rings (SSSR count). The van der Waals surface area contributed by atoms with Crippen LogP contribution >= 0.6 is 11.3 Å². The largest absolute Gasteiger partial charge is 0.395 e. The second kappa shape index (κ2) is 9.84. The summed E-state index contributed by atoms with van der Waals surface area (Å²) in [7, 11) is 0. The predicted molar refractivity (Wildman–Crippen MR) is 131 cm³/mol. The van der Waals surface area contributed by atoms with Gasteiger partial charge in [0.1, 0.15) is 5.82 Å². The molecule has 2 amide bonds. The molecule has 0 radical (unpaired) electrons. The molecule has 3 heterocycles. The minimum Gasteiger partial charge on any atom is -0.395 e. The van der Waals surface area contributed by atoms with E-state index in [0.29, 0.717) is 19.0 Å². The van der Waals surface area contributed by atoms with Crippen molar-refractivity contribution < 1.29 is 14.7 Å². The molecule has 2 fully saturated rings. The van der Waals surface area contributed by atoms with Crippen molar-refractivity contribution in [1.29, 1.82) is 0 Å². The van der Waals surface area contributed by atoms with Crippen molar-refractivity contribution in [3.63, 3.8) is 0 Å². The number of nitrogens with one attached hydrogen (secondary N) is 2. The van der Waals surface area contributed by atoms with Crippen LogP contribution in [0.3, 0.4) is 0 Å². The molecule has 8 nitrogen and oxygen atoms in total. The normalized spacial score (nSPS) is 26.1. The zero-order chi connectivity index (χ0) is 23.7. The minimum atomic E-state index is -0.328. The summed E-state index contributed by atoms with van der Waals surface area (Å²) < 4.78 is 0. The lowest BCUT2D eigenvalue weighted by atomic mass is 9.80. The van der Waals surface area contributed by atoms with Gasteiger partial charge in [0.2, 0.25) is 11.8 Å². The third-order valence-electron chi connectivity index (χ3n) is 7.31. The van der Waals surface area contributed by atoms with Gasteiger partial charge in [0.25, 0.3) is 0 Å². The van der Waals surface area contributed by atoms with Crippen molar-refractivity contribution in [3.05, 3.63) is 47.1 Å². The highest BCUT2D eigenvalue weighted by Crippen LogP contribution is 2.49. The Kier molecular flexibility index (Phi) is 6.65. The third kappa shape index (κ3) is 4.59. The Morgan fingerprint density at radius 2 is 1.94 bits per heavy atom. The van der Waals surface area contributed by atoms with E-state index in [1.54, 1.807) is 11.3 Å². The lowest BCUT2D eigenvalue weighted by Crippen LogP contribution is -2.48. The number of likely N-dealkylation sites (tertiary alicyclic amines) is 1. The number of carbonyl (C=O) groups excluding carboxylic acids is 2. The summed E-state index contributed by atoms with van der Waals surface area (Å²) in [6.07, 6.45) is 8.63. The van der Waals surface area contributed by atoms with E-state index in [4.69, 9.17) is 10.1 Å². The highest BCUT2D eigenvalue weighted by Gasteiger charge is 2.52. The average molecular weight is 482 g/mol. The number of amides is 2. The number of aryl methyl sites for hydroxylation is 1. The summed E-state index contributed by atoms with van der Waals surface area (Å²) in [5.74, 6) is 0.715. The molecule has 2 aromatic rings. The SMILES string of the molecule is Cc1cnc(Nc2cccc(C3CCN(C(=O)C4C5C=CC(C5)C4C(=O)NCCO)CC3)n2)s1. The van der Waals surface area contributed by atoms with E-state index in [2.05, 4.69) is 33.8 Å². The van der Waals surface area contributed by atoms with Gasteiger partial charge in [-0.15, -0.1) is 11.3 Å². The summed E-state index contributed by atoms with van der Waals surface area (Å²) >= 11 is 1.60. The van der Waals surface area contributed by atoms with E-state index in [1.165, 1.54) is 0 Å². The van der Waals surface area contributed by atoms with Crippen LogP contribution in [0.15, 0.2) is 36.5 Å². The molecule has 1 saturated carbocycles.